The molecule has 1 aliphatic carbocycles. The van der Waals surface area contributed by atoms with Gasteiger partial charge in [0.15, 0.2) is 0 Å². The summed E-state index contributed by atoms with van der Waals surface area (Å²) in [6.07, 6.45) is 11.0. The highest BCUT2D eigenvalue weighted by atomic mass is 19.1. The van der Waals surface area contributed by atoms with Gasteiger partial charge in [-0.1, -0.05) is 31.0 Å². The van der Waals surface area contributed by atoms with Gasteiger partial charge in [0, 0.05) is 52.6 Å². The normalized spacial score (nSPS) is 14.1. The maximum absolute atomic E-state index is 14.6. The van der Waals surface area contributed by atoms with E-state index in [0.29, 0.717) is 11.3 Å². The second kappa shape index (κ2) is 10.1. The molecule has 1 aliphatic rings. The minimum absolute atomic E-state index is 0.292. The van der Waals surface area contributed by atoms with Crippen molar-refractivity contribution in [3.63, 3.8) is 0 Å². The van der Waals surface area contributed by atoms with Crippen LogP contribution in [0.3, 0.4) is 0 Å². The third-order valence-electron chi connectivity index (χ3n) is 7.86. The van der Waals surface area contributed by atoms with E-state index in [1.165, 1.54) is 37.3 Å². The summed E-state index contributed by atoms with van der Waals surface area (Å²) in [6.45, 7) is 1.90. The summed E-state index contributed by atoms with van der Waals surface area (Å²) < 4.78 is 14.6. The molecule has 39 heavy (non-hydrogen) atoms. The van der Waals surface area contributed by atoms with Crippen molar-refractivity contribution in [1.82, 2.24) is 30.5 Å². The summed E-state index contributed by atoms with van der Waals surface area (Å²) in [5, 5.41) is 13.3. The molecule has 3 N–H and O–H groups in total. The van der Waals surface area contributed by atoms with Gasteiger partial charge in [-0.15, -0.1) is 0 Å². The SMILES string of the molecule is Fc1ccccc1-c1nccc2[nH]c(-c3n[nH]c4ccc(-c5cncc(CNCC6CCCC6)c5)cc34)cc12. The molecule has 0 bridgehead atoms. The van der Waals surface area contributed by atoms with Crippen LogP contribution >= 0.6 is 0 Å². The number of fused-ring (bicyclic) bond motifs is 2. The Bertz CT molecular complexity index is 1780. The van der Waals surface area contributed by atoms with Gasteiger partial charge >= 0.3 is 0 Å². The lowest BCUT2D eigenvalue weighted by molar-refractivity contribution is 0.489. The van der Waals surface area contributed by atoms with Crippen LogP contribution in [0.15, 0.2) is 79.3 Å². The van der Waals surface area contributed by atoms with E-state index in [0.717, 1.165) is 63.3 Å². The van der Waals surface area contributed by atoms with Crippen molar-refractivity contribution in [2.75, 3.05) is 6.54 Å². The number of H-pyrrole nitrogens is 2. The zero-order valence-electron chi connectivity index (χ0n) is 21.5. The van der Waals surface area contributed by atoms with Crippen molar-refractivity contribution in [3.05, 3.63) is 90.6 Å². The van der Waals surface area contributed by atoms with E-state index < -0.39 is 0 Å². The van der Waals surface area contributed by atoms with E-state index >= 15 is 0 Å². The summed E-state index contributed by atoms with van der Waals surface area (Å²) in [6, 6.07) is 19.2. The van der Waals surface area contributed by atoms with Crippen LogP contribution in [0.2, 0.25) is 0 Å². The third-order valence-corrected chi connectivity index (χ3v) is 7.86. The Hall–Kier alpha value is -4.36. The lowest BCUT2D eigenvalue weighted by Gasteiger charge is -2.11. The zero-order valence-corrected chi connectivity index (χ0v) is 21.5. The van der Waals surface area contributed by atoms with Crippen molar-refractivity contribution in [2.45, 2.75) is 32.2 Å². The molecule has 1 fully saturated rings. The van der Waals surface area contributed by atoms with E-state index in [9.17, 15) is 4.39 Å². The number of pyridine rings is 2. The molecule has 6 aromatic rings. The van der Waals surface area contributed by atoms with Gasteiger partial charge in [0.1, 0.15) is 11.5 Å². The number of aromatic nitrogens is 5. The third kappa shape index (κ3) is 4.59. The molecule has 194 valence electrons. The standard InChI is InChI=1S/C32H29FN6/c33-27-8-4-3-7-24(27)31-26-15-30(37-28(26)11-12-36-31)32-25-14-22(9-10-29(25)38-39-32)23-13-21(18-35-19-23)17-34-16-20-5-1-2-6-20/h3-4,7-15,18-20,34,37H,1-2,5-6,16-17H2,(H,38,39). The summed E-state index contributed by atoms with van der Waals surface area (Å²) in [7, 11) is 0. The van der Waals surface area contributed by atoms with Gasteiger partial charge in [-0.25, -0.2) is 4.39 Å². The molecule has 0 amide bonds. The first kappa shape index (κ1) is 23.7. The van der Waals surface area contributed by atoms with Gasteiger partial charge in [-0.3, -0.25) is 15.1 Å². The monoisotopic (exact) mass is 516 g/mol. The van der Waals surface area contributed by atoms with Gasteiger partial charge in [0.05, 0.1) is 16.9 Å². The van der Waals surface area contributed by atoms with Gasteiger partial charge < -0.3 is 10.3 Å². The first-order valence-electron chi connectivity index (χ1n) is 13.6. The number of halogens is 1. The number of rotatable bonds is 7. The average Bonchev–Trinajstić information content (AvgIpc) is 3.73. The first-order valence-corrected chi connectivity index (χ1v) is 13.6. The molecule has 7 heteroatoms. The molecule has 7 rings (SSSR count). The fraction of sp³-hybridized carbons (Fsp3) is 0.219. The van der Waals surface area contributed by atoms with Crippen molar-refractivity contribution >= 4 is 21.8 Å². The van der Waals surface area contributed by atoms with Gasteiger partial charge in [-0.05, 0) is 78.9 Å². The predicted octanol–water partition coefficient (Wildman–Crippen LogP) is 7.25. The molecule has 2 aromatic carbocycles. The van der Waals surface area contributed by atoms with E-state index in [4.69, 9.17) is 0 Å². The molecule has 0 radical (unpaired) electrons. The number of nitrogens with zero attached hydrogens (tertiary/aromatic N) is 3. The highest BCUT2D eigenvalue weighted by Gasteiger charge is 2.17. The highest BCUT2D eigenvalue weighted by Crippen LogP contribution is 2.35. The van der Waals surface area contributed by atoms with Crippen LogP contribution in [0.4, 0.5) is 4.39 Å². The second-order valence-electron chi connectivity index (χ2n) is 10.5. The smallest absolute Gasteiger partial charge is 0.132 e. The molecule has 0 spiro atoms. The van der Waals surface area contributed by atoms with Gasteiger partial charge in [0.25, 0.3) is 0 Å². The van der Waals surface area contributed by atoms with Crippen LogP contribution in [-0.2, 0) is 6.54 Å². The molecule has 1 saturated carbocycles. The van der Waals surface area contributed by atoms with Crippen LogP contribution < -0.4 is 5.32 Å². The number of nitrogens with one attached hydrogen (secondary N) is 3. The fourth-order valence-corrected chi connectivity index (χ4v) is 5.83. The fourth-order valence-electron chi connectivity index (χ4n) is 5.83. The Balaban J connectivity index is 1.21. The number of hydrogen-bond donors (Lipinski definition) is 3. The largest absolute Gasteiger partial charge is 0.353 e. The van der Waals surface area contributed by atoms with Crippen molar-refractivity contribution < 1.29 is 4.39 Å². The maximum atomic E-state index is 14.6. The molecule has 0 unspecified atom stereocenters. The molecule has 0 atom stereocenters. The zero-order chi connectivity index (χ0) is 26.2. The van der Waals surface area contributed by atoms with E-state index in [1.54, 1.807) is 18.3 Å². The van der Waals surface area contributed by atoms with Gasteiger partial charge in [-0.2, -0.15) is 5.10 Å². The highest BCUT2D eigenvalue weighted by molar-refractivity contribution is 6.00. The van der Waals surface area contributed by atoms with Crippen molar-refractivity contribution in [1.29, 1.82) is 0 Å². The summed E-state index contributed by atoms with van der Waals surface area (Å²) >= 11 is 0. The Morgan fingerprint density at radius 3 is 2.64 bits per heavy atom. The topological polar surface area (TPSA) is 82.3 Å². The Kier molecular flexibility index (Phi) is 6.13. The quantitative estimate of drug-likeness (QED) is 0.209. The summed E-state index contributed by atoms with van der Waals surface area (Å²) in [4.78, 5) is 12.5. The molecule has 0 aliphatic heterocycles. The Labute approximate surface area is 225 Å². The Morgan fingerprint density at radius 1 is 0.872 bits per heavy atom. The van der Waals surface area contributed by atoms with Gasteiger partial charge in [0.2, 0.25) is 0 Å². The molecule has 0 saturated heterocycles. The number of benzene rings is 2. The minimum Gasteiger partial charge on any atom is -0.353 e. The van der Waals surface area contributed by atoms with E-state index in [1.807, 2.05) is 30.6 Å². The van der Waals surface area contributed by atoms with Crippen LogP contribution in [0, 0.1) is 11.7 Å². The number of hydrogen-bond acceptors (Lipinski definition) is 4. The Morgan fingerprint density at radius 2 is 1.74 bits per heavy atom. The molecule has 4 aromatic heterocycles. The van der Waals surface area contributed by atoms with Crippen LogP contribution in [-0.4, -0.2) is 31.7 Å². The average molecular weight is 517 g/mol. The molecular weight excluding hydrogens is 487 g/mol. The van der Waals surface area contributed by atoms with E-state index in [-0.39, 0.29) is 5.82 Å². The molecular formula is C32H29FN6. The second-order valence-corrected chi connectivity index (χ2v) is 10.5. The van der Waals surface area contributed by atoms with Crippen molar-refractivity contribution in [3.8, 4) is 33.8 Å². The van der Waals surface area contributed by atoms with Crippen LogP contribution in [0.25, 0.3) is 55.6 Å². The van der Waals surface area contributed by atoms with E-state index in [2.05, 4.69) is 54.7 Å². The van der Waals surface area contributed by atoms with Crippen LogP contribution in [0.1, 0.15) is 31.2 Å². The predicted molar refractivity (Wildman–Crippen MR) is 153 cm³/mol. The van der Waals surface area contributed by atoms with Crippen LogP contribution in [0.5, 0.6) is 0 Å². The molecule has 4 heterocycles. The minimum atomic E-state index is -0.292. The summed E-state index contributed by atoms with van der Waals surface area (Å²) in [5.41, 5.74) is 7.92. The lowest BCUT2D eigenvalue weighted by Crippen LogP contribution is -2.20. The molecule has 6 nitrogen and oxygen atoms in total. The van der Waals surface area contributed by atoms with Crippen molar-refractivity contribution in [2.24, 2.45) is 5.92 Å². The lowest BCUT2D eigenvalue weighted by atomic mass is 10.0. The number of aromatic amines is 2. The first-order chi connectivity index (χ1) is 19.2. The summed E-state index contributed by atoms with van der Waals surface area (Å²) in [5.74, 6) is 0.519. The maximum Gasteiger partial charge on any atom is 0.132 e.